The maximum Gasteiger partial charge on any atom is 0.319 e. The van der Waals surface area contributed by atoms with Gasteiger partial charge in [-0.1, -0.05) is 17.3 Å². The zero-order chi connectivity index (χ0) is 24.2. The second kappa shape index (κ2) is 9.45. The third kappa shape index (κ3) is 4.72. The molecule has 0 aliphatic rings. The van der Waals surface area contributed by atoms with E-state index in [9.17, 15) is 18.4 Å². The van der Waals surface area contributed by atoms with E-state index >= 15 is 0 Å². The van der Waals surface area contributed by atoms with Crippen molar-refractivity contribution in [2.45, 2.75) is 6.54 Å². The number of benzene rings is 3. The molecule has 11 heteroatoms. The standard InChI is InChI=1S/C23H19F2N5O4/c1-33-18-8-6-15(19-20(18)34-30-21(19)26)22(31)28-14-4-2-3-12(9-14)11-27-23(32)29-17-7-5-13(24)10-16(17)25/h2-10H,11H2,1H3,(H2,26,30)(H,28,31)(H2,27,29,32). The Morgan fingerprint density at radius 3 is 2.68 bits per heavy atom. The summed E-state index contributed by atoms with van der Waals surface area (Å²) in [4.78, 5) is 25.0. The van der Waals surface area contributed by atoms with Gasteiger partial charge in [0.25, 0.3) is 5.91 Å². The predicted molar refractivity (Wildman–Crippen MR) is 122 cm³/mol. The minimum absolute atomic E-state index is 0.0561. The van der Waals surface area contributed by atoms with Crippen LogP contribution < -0.4 is 26.4 Å². The van der Waals surface area contributed by atoms with Crippen LogP contribution in [-0.2, 0) is 6.54 Å². The van der Waals surface area contributed by atoms with E-state index < -0.39 is 23.6 Å². The summed E-state index contributed by atoms with van der Waals surface area (Å²) in [5.74, 6) is -1.63. The molecule has 174 valence electrons. The maximum absolute atomic E-state index is 13.7. The van der Waals surface area contributed by atoms with Gasteiger partial charge < -0.3 is 30.9 Å². The topological polar surface area (TPSA) is 132 Å². The molecule has 1 heterocycles. The fraction of sp³-hybridized carbons (Fsp3) is 0.0870. The first-order chi connectivity index (χ1) is 16.4. The van der Waals surface area contributed by atoms with Gasteiger partial charge in [-0.05, 0) is 42.0 Å². The molecule has 0 saturated carbocycles. The van der Waals surface area contributed by atoms with Crippen molar-refractivity contribution in [2.24, 2.45) is 0 Å². The molecule has 3 amide bonds. The molecule has 1 aromatic heterocycles. The lowest BCUT2D eigenvalue weighted by molar-refractivity contribution is 0.102. The highest BCUT2D eigenvalue weighted by Crippen LogP contribution is 2.32. The number of methoxy groups -OCH3 is 1. The van der Waals surface area contributed by atoms with Crippen LogP contribution in [0.4, 0.5) is 30.8 Å². The van der Waals surface area contributed by atoms with Gasteiger partial charge in [-0.3, -0.25) is 4.79 Å². The van der Waals surface area contributed by atoms with Crippen LogP contribution >= 0.6 is 0 Å². The van der Waals surface area contributed by atoms with Crippen molar-refractivity contribution in [2.75, 3.05) is 23.5 Å². The molecule has 4 aromatic rings. The second-order valence-electron chi connectivity index (χ2n) is 7.17. The quantitative estimate of drug-likeness (QED) is 0.335. The van der Waals surface area contributed by atoms with Gasteiger partial charge in [0.2, 0.25) is 5.58 Å². The summed E-state index contributed by atoms with van der Waals surface area (Å²) in [6, 6.07) is 12.0. The number of amides is 3. The minimum atomic E-state index is -0.888. The predicted octanol–water partition coefficient (Wildman–Crippen LogP) is 4.27. The molecule has 5 N–H and O–H groups in total. The van der Waals surface area contributed by atoms with Gasteiger partial charge in [-0.25, -0.2) is 13.6 Å². The van der Waals surface area contributed by atoms with E-state index in [1.807, 2.05) is 0 Å². The van der Waals surface area contributed by atoms with Crippen LogP contribution in [0.1, 0.15) is 15.9 Å². The van der Waals surface area contributed by atoms with E-state index in [-0.39, 0.29) is 29.2 Å². The number of halogens is 2. The van der Waals surface area contributed by atoms with E-state index in [2.05, 4.69) is 21.1 Å². The molecule has 9 nitrogen and oxygen atoms in total. The molecule has 0 bridgehead atoms. The monoisotopic (exact) mass is 467 g/mol. The summed E-state index contributed by atoms with van der Waals surface area (Å²) < 4.78 is 37.1. The highest BCUT2D eigenvalue weighted by Gasteiger charge is 2.20. The summed E-state index contributed by atoms with van der Waals surface area (Å²) in [6.45, 7) is 0.0870. The van der Waals surface area contributed by atoms with Gasteiger partial charge in [-0.15, -0.1) is 0 Å². The third-order valence-electron chi connectivity index (χ3n) is 4.89. The number of anilines is 3. The van der Waals surface area contributed by atoms with Gasteiger partial charge in [0, 0.05) is 18.3 Å². The number of nitrogens with one attached hydrogen (secondary N) is 3. The van der Waals surface area contributed by atoms with Crippen LogP contribution in [0.3, 0.4) is 0 Å². The Bertz CT molecular complexity index is 1390. The number of nitrogen functional groups attached to an aromatic ring is 1. The van der Waals surface area contributed by atoms with Crippen molar-refractivity contribution in [3.05, 3.63) is 77.4 Å². The number of ether oxygens (including phenoxy) is 1. The van der Waals surface area contributed by atoms with Crippen LogP contribution in [-0.4, -0.2) is 24.2 Å². The van der Waals surface area contributed by atoms with Crippen molar-refractivity contribution < 1.29 is 27.6 Å². The third-order valence-corrected chi connectivity index (χ3v) is 4.89. The van der Waals surface area contributed by atoms with Crippen LogP contribution in [0.25, 0.3) is 11.0 Å². The zero-order valence-electron chi connectivity index (χ0n) is 17.8. The molecule has 0 saturated heterocycles. The number of nitrogens with zero attached hydrogens (tertiary/aromatic N) is 1. The number of carbonyl (C=O) groups is 2. The number of urea groups is 1. The Hall–Kier alpha value is -4.67. The summed E-state index contributed by atoms with van der Waals surface area (Å²) in [7, 11) is 1.46. The molecule has 0 spiro atoms. The Labute approximate surface area is 191 Å². The molecule has 0 aliphatic heterocycles. The Kier molecular flexibility index (Phi) is 6.26. The average Bonchev–Trinajstić information content (AvgIpc) is 3.21. The molecule has 0 radical (unpaired) electrons. The molecule has 0 unspecified atom stereocenters. The Morgan fingerprint density at radius 2 is 1.91 bits per heavy atom. The zero-order valence-corrected chi connectivity index (χ0v) is 17.8. The normalized spacial score (nSPS) is 10.7. The fourth-order valence-electron chi connectivity index (χ4n) is 3.30. The summed E-state index contributed by atoms with van der Waals surface area (Å²) >= 11 is 0. The average molecular weight is 467 g/mol. The van der Waals surface area contributed by atoms with Gasteiger partial charge in [0.15, 0.2) is 11.6 Å². The first-order valence-corrected chi connectivity index (χ1v) is 9.97. The number of hydrogen-bond acceptors (Lipinski definition) is 6. The van der Waals surface area contributed by atoms with Crippen LogP contribution in [0.5, 0.6) is 5.75 Å². The lowest BCUT2D eigenvalue weighted by Gasteiger charge is -2.11. The summed E-state index contributed by atoms with van der Waals surface area (Å²) in [5.41, 5.74) is 7.35. The van der Waals surface area contributed by atoms with Gasteiger partial charge >= 0.3 is 6.03 Å². The first-order valence-electron chi connectivity index (χ1n) is 9.97. The molecular weight excluding hydrogens is 448 g/mol. The number of fused-ring (bicyclic) bond motifs is 1. The summed E-state index contributed by atoms with van der Waals surface area (Å²) in [5, 5.41) is 11.7. The Morgan fingerprint density at radius 1 is 1.09 bits per heavy atom. The van der Waals surface area contributed by atoms with Crippen LogP contribution in [0.15, 0.2) is 59.1 Å². The van der Waals surface area contributed by atoms with Crippen LogP contribution in [0, 0.1) is 11.6 Å². The van der Waals surface area contributed by atoms with Crippen molar-refractivity contribution in [1.82, 2.24) is 10.5 Å². The number of rotatable bonds is 6. The number of aromatic nitrogens is 1. The Balaban J connectivity index is 1.43. The number of hydrogen-bond donors (Lipinski definition) is 4. The fourth-order valence-corrected chi connectivity index (χ4v) is 3.30. The van der Waals surface area contributed by atoms with E-state index in [0.29, 0.717) is 28.5 Å². The lowest BCUT2D eigenvalue weighted by atomic mass is 10.1. The van der Waals surface area contributed by atoms with Crippen LogP contribution in [0.2, 0.25) is 0 Å². The molecule has 3 aromatic carbocycles. The van der Waals surface area contributed by atoms with Crippen molar-refractivity contribution in [3.8, 4) is 5.75 Å². The molecule has 0 fully saturated rings. The first kappa shape index (κ1) is 22.5. The SMILES string of the molecule is COc1ccc(C(=O)Nc2cccc(CNC(=O)Nc3ccc(F)cc3F)c2)c2c(N)noc12. The van der Waals surface area contributed by atoms with Gasteiger partial charge in [0.1, 0.15) is 11.6 Å². The largest absolute Gasteiger partial charge is 0.493 e. The van der Waals surface area contributed by atoms with E-state index in [4.69, 9.17) is 15.0 Å². The van der Waals surface area contributed by atoms with E-state index in [0.717, 1.165) is 12.1 Å². The van der Waals surface area contributed by atoms with Gasteiger partial charge in [0.05, 0.1) is 23.7 Å². The highest BCUT2D eigenvalue weighted by molar-refractivity contribution is 6.15. The molecule has 0 atom stereocenters. The second-order valence-corrected chi connectivity index (χ2v) is 7.17. The number of nitrogens with two attached hydrogens (primary N) is 1. The highest BCUT2D eigenvalue weighted by atomic mass is 19.1. The summed E-state index contributed by atoms with van der Waals surface area (Å²) in [6.07, 6.45) is 0. The molecule has 0 aliphatic carbocycles. The van der Waals surface area contributed by atoms with Crippen molar-refractivity contribution >= 4 is 40.1 Å². The minimum Gasteiger partial charge on any atom is -0.493 e. The van der Waals surface area contributed by atoms with E-state index in [1.54, 1.807) is 36.4 Å². The maximum atomic E-state index is 13.7. The lowest BCUT2D eigenvalue weighted by Crippen LogP contribution is -2.28. The van der Waals surface area contributed by atoms with Crippen molar-refractivity contribution in [1.29, 1.82) is 0 Å². The number of carbonyl (C=O) groups excluding carboxylic acids is 2. The molecule has 34 heavy (non-hydrogen) atoms. The van der Waals surface area contributed by atoms with Crippen molar-refractivity contribution in [3.63, 3.8) is 0 Å². The molecule has 4 rings (SSSR count). The van der Waals surface area contributed by atoms with Gasteiger partial charge in [-0.2, -0.15) is 0 Å². The molecular formula is C23H19F2N5O4. The van der Waals surface area contributed by atoms with E-state index in [1.165, 1.54) is 7.11 Å². The smallest absolute Gasteiger partial charge is 0.319 e.